The molecule has 0 aliphatic carbocycles. The molecule has 0 aliphatic heterocycles. The van der Waals surface area contributed by atoms with Crippen molar-refractivity contribution in [2.45, 2.75) is 20.4 Å². The standard InChI is InChI=1S/C21H20N4O3/c1-3-27-18-8-7-14(11-13(18)2)21-23-20(24-28-21)16-5-4-6-17-15(16)9-10-25(17)12-19(22)26/h4-11H,3,12H2,1-2H3,(H2,22,26). The topological polar surface area (TPSA) is 96.2 Å². The fraction of sp³-hybridized carbons (Fsp3) is 0.190. The summed E-state index contributed by atoms with van der Waals surface area (Å²) in [4.78, 5) is 15.8. The zero-order valence-corrected chi connectivity index (χ0v) is 15.7. The van der Waals surface area contributed by atoms with E-state index >= 15 is 0 Å². The molecule has 28 heavy (non-hydrogen) atoms. The molecule has 0 atom stereocenters. The molecule has 0 aliphatic rings. The van der Waals surface area contributed by atoms with Crippen LogP contribution in [0.1, 0.15) is 12.5 Å². The first-order valence-corrected chi connectivity index (χ1v) is 9.01. The first kappa shape index (κ1) is 17.8. The molecular weight excluding hydrogens is 356 g/mol. The number of amides is 1. The highest BCUT2D eigenvalue weighted by Gasteiger charge is 2.15. The van der Waals surface area contributed by atoms with E-state index in [-0.39, 0.29) is 6.54 Å². The second kappa shape index (κ2) is 7.19. The number of nitrogens with two attached hydrogens (primary N) is 1. The molecule has 2 aromatic heterocycles. The second-order valence-electron chi connectivity index (χ2n) is 6.48. The van der Waals surface area contributed by atoms with Crippen LogP contribution in [0.2, 0.25) is 0 Å². The van der Waals surface area contributed by atoms with Gasteiger partial charge in [0.05, 0.1) is 6.61 Å². The lowest BCUT2D eigenvalue weighted by atomic mass is 10.1. The van der Waals surface area contributed by atoms with E-state index in [9.17, 15) is 4.79 Å². The molecule has 0 radical (unpaired) electrons. The Balaban J connectivity index is 1.71. The van der Waals surface area contributed by atoms with Gasteiger partial charge in [-0.25, -0.2) is 0 Å². The highest BCUT2D eigenvalue weighted by Crippen LogP contribution is 2.30. The number of rotatable bonds is 6. The Labute approximate surface area is 161 Å². The van der Waals surface area contributed by atoms with Crippen LogP contribution in [0.5, 0.6) is 5.75 Å². The molecule has 4 aromatic rings. The van der Waals surface area contributed by atoms with Crippen molar-refractivity contribution < 1.29 is 14.1 Å². The maximum Gasteiger partial charge on any atom is 0.258 e. The van der Waals surface area contributed by atoms with Gasteiger partial charge in [-0.2, -0.15) is 4.98 Å². The highest BCUT2D eigenvalue weighted by molar-refractivity contribution is 5.94. The molecule has 0 saturated carbocycles. The molecule has 0 bridgehead atoms. The normalized spacial score (nSPS) is 11.1. The van der Waals surface area contributed by atoms with E-state index in [1.807, 2.05) is 62.5 Å². The van der Waals surface area contributed by atoms with Crippen LogP contribution in [-0.2, 0) is 11.3 Å². The van der Waals surface area contributed by atoms with Crippen LogP contribution in [0.4, 0.5) is 0 Å². The van der Waals surface area contributed by atoms with Crippen LogP contribution in [0.15, 0.2) is 53.2 Å². The van der Waals surface area contributed by atoms with Gasteiger partial charge in [0.2, 0.25) is 11.7 Å². The minimum atomic E-state index is -0.393. The number of primary amides is 1. The lowest BCUT2D eigenvalue weighted by Crippen LogP contribution is -2.17. The van der Waals surface area contributed by atoms with Gasteiger partial charge in [0.1, 0.15) is 12.3 Å². The van der Waals surface area contributed by atoms with E-state index in [0.29, 0.717) is 18.3 Å². The summed E-state index contributed by atoms with van der Waals surface area (Å²) < 4.78 is 12.9. The molecule has 2 aromatic carbocycles. The van der Waals surface area contributed by atoms with Gasteiger partial charge in [-0.15, -0.1) is 0 Å². The molecule has 0 saturated heterocycles. The average Bonchev–Trinajstić information content (AvgIpc) is 3.31. The van der Waals surface area contributed by atoms with Crippen molar-refractivity contribution in [3.8, 4) is 28.6 Å². The van der Waals surface area contributed by atoms with Crippen molar-refractivity contribution in [2.75, 3.05) is 6.61 Å². The summed E-state index contributed by atoms with van der Waals surface area (Å²) in [7, 11) is 0. The Hall–Kier alpha value is -3.61. The summed E-state index contributed by atoms with van der Waals surface area (Å²) in [5, 5.41) is 5.08. The summed E-state index contributed by atoms with van der Waals surface area (Å²) in [5.41, 5.74) is 8.88. The Bertz CT molecular complexity index is 1160. The largest absolute Gasteiger partial charge is 0.494 e. The van der Waals surface area contributed by atoms with Gasteiger partial charge < -0.3 is 19.6 Å². The summed E-state index contributed by atoms with van der Waals surface area (Å²) >= 11 is 0. The Morgan fingerprint density at radius 1 is 1.25 bits per heavy atom. The Morgan fingerprint density at radius 2 is 2.11 bits per heavy atom. The summed E-state index contributed by atoms with van der Waals surface area (Å²) in [6, 6.07) is 13.4. The minimum Gasteiger partial charge on any atom is -0.494 e. The van der Waals surface area contributed by atoms with Crippen molar-refractivity contribution in [3.63, 3.8) is 0 Å². The molecule has 1 amide bonds. The van der Waals surface area contributed by atoms with Crippen molar-refractivity contribution in [1.29, 1.82) is 0 Å². The van der Waals surface area contributed by atoms with Crippen LogP contribution in [0.25, 0.3) is 33.7 Å². The number of aromatic nitrogens is 3. The molecule has 2 heterocycles. The van der Waals surface area contributed by atoms with Gasteiger partial charge in [-0.1, -0.05) is 17.3 Å². The summed E-state index contributed by atoms with van der Waals surface area (Å²) in [6.45, 7) is 4.67. The van der Waals surface area contributed by atoms with E-state index in [1.165, 1.54) is 0 Å². The quantitative estimate of drug-likeness (QED) is 0.555. The van der Waals surface area contributed by atoms with Gasteiger partial charge in [0, 0.05) is 28.2 Å². The van der Waals surface area contributed by atoms with Crippen molar-refractivity contribution in [3.05, 3.63) is 54.2 Å². The van der Waals surface area contributed by atoms with E-state index in [0.717, 1.165) is 33.3 Å². The van der Waals surface area contributed by atoms with Gasteiger partial charge in [-0.3, -0.25) is 4.79 Å². The molecule has 142 valence electrons. The SMILES string of the molecule is CCOc1ccc(-c2nc(-c3cccc4c3ccn4CC(N)=O)no2)cc1C. The van der Waals surface area contributed by atoms with Crippen LogP contribution in [0, 0.1) is 6.92 Å². The number of carbonyl (C=O) groups is 1. The lowest BCUT2D eigenvalue weighted by molar-refractivity contribution is -0.118. The summed E-state index contributed by atoms with van der Waals surface area (Å²) in [5.74, 6) is 1.38. The fourth-order valence-electron chi connectivity index (χ4n) is 3.27. The first-order chi connectivity index (χ1) is 13.6. The molecule has 0 fully saturated rings. The highest BCUT2D eigenvalue weighted by atomic mass is 16.5. The van der Waals surface area contributed by atoms with Gasteiger partial charge in [0.25, 0.3) is 5.89 Å². The van der Waals surface area contributed by atoms with E-state index in [4.69, 9.17) is 15.0 Å². The van der Waals surface area contributed by atoms with Crippen molar-refractivity contribution in [2.24, 2.45) is 5.73 Å². The third-order valence-corrected chi connectivity index (χ3v) is 4.53. The number of benzene rings is 2. The van der Waals surface area contributed by atoms with Crippen molar-refractivity contribution in [1.82, 2.24) is 14.7 Å². The molecule has 0 unspecified atom stereocenters. The number of carbonyl (C=O) groups excluding carboxylic acids is 1. The number of aryl methyl sites for hydroxylation is 1. The molecule has 7 nitrogen and oxygen atoms in total. The second-order valence-corrected chi connectivity index (χ2v) is 6.48. The van der Waals surface area contributed by atoms with Crippen LogP contribution in [0.3, 0.4) is 0 Å². The minimum absolute atomic E-state index is 0.121. The third kappa shape index (κ3) is 3.22. The number of nitrogens with zero attached hydrogens (tertiary/aromatic N) is 3. The van der Waals surface area contributed by atoms with Crippen LogP contribution < -0.4 is 10.5 Å². The molecule has 0 spiro atoms. The third-order valence-electron chi connectivity index (χ3n) is 4.53. The van der Waals surface area contributed by atoms with Gasteiger partial charge in [0.15, 0.2) is 0 Å². The van der Waals surface area contributed by atoms with Crippen molar-refractivity contribution >= 4 is 16.8 Å². The number of hydrogen-bond donors (Lipinski definition) is 1. The average molecular weight is 376 g/mol. The van der Waals surface area contributed by atoms with Gasteiger partial charge in [-0.05, 0) is 49.7 Å². The predicted molar refractivity (Wildman–Crippen MR) is 106 cm³/mol. The summed E-state index contributed by atoms with van der Waals surface area (Å²) in [6.07, 6.45) is 1.83. The maximum absolute atomic E-state index is 11.3. The number of fused-ring (bicyclic) bond motifs is 1. The van der Waals surface area contributed by atoms with Crippen LogP contribution in [-0.4, -0.2) is 27.2 Å². The zero-order chi connectivity index (χ0) is 19.7. The predicted octanol–water partition coefficient (Wildman–Crippen LogP) is 3.55. The maximum atomic E-state index is 11.3. The Morgan fingerprint density at radius 3 is 2.86 bits per heavy atom. The van der Waals surface area contributed by atoms with E-state index in [1.54, 1.807) is 4.57 Å². The number of ether oxygens (including phenoxy) is 1. The van der Waals surface area contributed by atoms with Crippen LogP contribution >= 0.6 is 0 Å². The smallest absolute Gasteiger partial charge is 0.258 e. The molecule has 2 N–H and O–H groups in total. The zero-order valence-electron chi connectivity index (χ0n) is 15.7. The number of hydrogen-bond acceptors (Lipinski definition) is 5. The monoisotopic (exact) mass is 376 g/mol. The Kier molecular flexibility index (Phi) is 4.57. The molecular formula is C21H20N4O3. The lowest BCUT2D eigenvalue weighted by Gasteiger charge is -2.07. The first-order valence-electron chi connectivity index (χ1n) is 9.01. The fourth-order valence-corrected chi connectivity index (χ4v) is 3.27. The molecule has 4 rings (SSSR count). The van der Waals surface area contributed by atoms with E-state index < -0.39 is 5.91 Å². The molecule has 7 heteroatoms. The van der Waals surface area contributed by atoms with Gasteiger partial charge >= 0.3 is 0 Å². The van der Waals surface area contributed by atoms with E-state index in [2.05, 4.69) is 10.1 Å².